The van der Waals surface area contributed by atoms with Crippen molar-refractivity contribution < 1.29 is 4.74 Å². The van der Waals surface area contributed by atoms with Gasteiger partial charge in [0.25, 0.3) is 0 Å². The molecule has 118 valence electrons. The summed E-state index contributed by atoms with van der Waals surface area (Å²) in [5, 5.41) is 5.36. The van der Waals surface area contributed by atoms with Gasteiger partial charge in [-0.25, -0.2) is 4.68 Å². The Kier molecular flexibility index (Phi) is 4.65. The number of hydrogen-bond donors (Lipinski definition) is 1. The van der Waals surface area contributed by atoms with Crippen molar-refractivity contribution in [2.45, 2.75) is 6.42 Å². The van der Waals surface area contributed by atoms with E-state index in [0.717, 1.165) is 34.8 Å². The topological polar surface area (TPSA) is 53.1 Å². The number of nitrogens with two attached hydrogens (primary N) is 1. The number of methoxy groups -OCH3 is 1. The lowest BCUT2D eigenvalue weighted by Gasteiger charge is -2.11. The Morgan fingerprint density at radius 3 is 2.70 bits per heavy atom. The van der Waals surface area contributed by atoms with Crippen LogP contribution in [0.1, 0.15) is 5.69 Å². The highest BCUT2D eigenvalue weighted by Gasteiger charge is 2.15. The van der Waals surface area contributed by atoms with E-state index in [-0.39, 0.29) is 0 Å². The van der Waals surface area contributed by atoms with Crippen LogP contribution in [0.5, 0.6) is 5.75 Å². The molecule has 0 amide bonds. The zero-order chi connectivity index (χ0) is 16.2. The lowest BCUT2D eigenvalue weighted by atomic mass is 10.1. The maximum atomic E-state index is 6.13. The molecule has 0 bridgehead atoms. The highest BCUT2D eigenvalue weighted by atomic mass is 35.5. The number of aromatic nitrogens is 2. The summed E-state index contributed by atoms with van der Waals surface area (Å²) in [6.45, 7) is 0.553. The van der Waals surface area contributed by atoms with Crippen molar-refractivity contribution in [2.75, 3.05) is 13.7 Å². The molecule has 2 aromatic carbocycles. The molecular weight excluding hydrogens is 310 g/mol. The second-order valence-electron chi connectivity index (χ2n) is 5.15. The molecule has 3 aromatic rings. The fourth-order valence-corrected chi connectivity index (χ4v) is 2.74. The predicted molar refractivity (Wildman–Crippen MR) is 93.3 cm³/mol. The Morgan fingerprint density at radius 2 is 1.96 bits per heavy atom. The first-order chi connectivity index (χ1) is 11.2. The highest BCUT2D eigenvalue weighted by Crippen LogP contribution is 2.32. The van der Waals surface area contributed by atoms with E-state index in [1.807, 2.05) is 59.3 Å². The van der Waals surface area contributed by atoms with Crippen molar-refractivity contribution in [2.24, 2.45) is 5.73 Å². The summed E-state index contributed by atoms with van der Waals surface area (Å²) >= 11 is 6.13. The number of ether oxygens (including phenoxy) is 1. The van der Waals surface area contributed by atoms with E-state index in [4.69, 9.17) is 22.1 Å². The van der Waals surface area contributed by atoms with Gasteiger partial charge in [-0.3, -0.25) is 0 Å². The molecule has 4 nitrogen and oxygen atoms in total. The third-order valence-electron chi connectivity index (χ3n) is 3.60. The number of para-hydroxylation sites is 1. The van der Waals surface area contributed by atoms with E-state index < -0.39 is 0 Å². The van der Waals surface area contributed by atoms with Gasteiger partial charge >= 0.3 is 0 Å². The van der Waals surface area contributed by atoms with Gasteiger partial charge in [0.2, 0.25) is 0 Å². The molecule has 3 rings (SSSR count). The third-order valence-corrected chi connectivity index (χ3v) is 3.83. The average molecular weight is 328 g/mol. The standard InChI is InChI=1S/C18H18ClN3O/c1-23-18-8-3-2-7-16(18)17-12-14(9-10-20)21-22(17)15-6-4-5-13(19)11-15/h2-8,11-12H,9-10,20H2,1H3. The third kappa shape index (κ3) is 3.23. The molecule has 0 saturated carbocycles. The van der Waals surface area contributed by atoms with Crippen LogP contribution in [0.25, 0.3) is 16.9 Å². The van der Waals surface area contributed by atoms with Crippen LogP contribution >= 0.6 is 11.6 Å². The first kappa shape index (κ1) is 15.6. The lowest BCUT2D eigenvalue weighted by Crippen LogP contribution is -2.04. The molecule has 0 radical (unpaired) electrons. The number of halogens is 1. The predicted octanol–water partition coefficient (Wildman–Crippen LogP) is 3.70. The van der Waals surface area contributed by atoms with Crippen LogP contribution in [-0.2, 0) is 6.42 Å². The van der Waals surface area contributed by atoms with Crippen LogP contribution < -0.4 is 10.5 Å². The summed E-state index contributed by atoms with van der Waals surface area (Å²) in [6.07, 6.45) is 0.718. The van der Waals surface area contributed by atoms with E-state index in [2.05, 4.69) is 5.10 Å². The molecule has 0 aliphatic heterocycles. The van der Waals surface area contributed by atoms with Crippen LogP contribution in [0.4, 0.5) is 0 Å². The first-order valence-electron chi connectivity index (χ1n) is 7.41. The number of benzene rings is 2. The van der Waals surface area contributed by atoms with Gasteiger partial charge in [0.15, 0.2) is 0 Å². The minimum Gasteiger partial charge on any atom is -0.496 e. The lowest BCUT2D eigenvalue weighted by molar-refractivity contribution is 0.416. The second kappa shape index (κ2) is 6.86. The number of rotatable bonds is 5. The maximum Gasteiger partial charge on any atom is 0.128 e. The van der Waals surface area contributed by atoms with E-state index in [9.17, 15) is 0 Å². The van der Waals surface area contributed by atoms with Crippen LogP contribution in [0.3, 0.4) is 0 Å². The largest absolute Gasteiger partial charge is 0.496 e. The Bertz CT molecular complexity index is 814. The van der Waals surface area contributed by atoms with Crippen molar-refractivity contribution in [3.8, 4) is 22.7 Å². The summed E-state index contributed by atoms with van der Waals surface area (Å²) in [5.74, 6) is 0.801. The van der Waals surface area contributed by atoms with Gasteiger partial charge in [0.05, 0.1) is 24.2 Å². The zero-order valence-corrected chi connectivity index (χ0v) is 13.6. The molecule has 2 N–H and O–H groups in total. The van der Waals surface area contributed by atoms with Crippen molar-refractivity contribution in [3.63, 3.8) is 0 Å². The molecule has 5 heteroatoms. The van der Waals surface area contributed by atoms with Crippen LogP contribution in [-0.4, -0.2) is 23.4 Å². The van der Waals surface area contributed by atoms with Crippen LogP contribution in [0.2, 0.25) is 5.02 Å². The van der Waals surface area contributed by atoms with Gasteiger partial charge in [-0.2, -0.15) is 5.10 Å². The van der Waals surface area contributed by atoms with Crippen LogP contribution in [0, 0.1) is 0 Å². The summed E-state index contributed by atoms with van der Waals surface area (Å²) < 4.78 is 7.38. The summed E-state index contributed by atoms with van der Waals surface area (Å²) in [7, 11) is 1.67. The molecule has 23 heavy (non-hydrogen) atoms. The smallest absolute Gasteiger partial charge is 0.128 e. The highest BCUT2D eigenvalue weighted by molar-refractivity contribution is 6.30. The minimum atomic E-state index is 0.553. The maximum absolute atomic E-state index is 6.13. The van der Waals surface area contributed by atoms with Gasteiger partial charge in [0.1, 0.15) is 5.75 Å². The molecule has 0 atom stereocenters. The Morgan fingerprint density at radius 1 is 1.13 bits per heavy atom. The van der Waals surface area contributed by atoms with Gasteiger partial charge < -0.3 is 10.5 Å². The number of hydrogen-bond acceptors (Lipinski definition) is 3. The second-order valence-corrected chi connectivity index (χ2v) is 5.59. The normalized spacial score (nSPS) is 10.7. The molecular formula is C18H18ClN3O. The van der Waals surface area contributed by atoms with E-state index in [0.29, 0.717) is 11.6 Å². The molecule has 1 aromatic heterocycles. The van der Waals surface area contributed by atoms with Crippen molar-refractivity contribution in [1.82, 2.24) is 9.78 Å². The Hall–Kier alpha value is -2.30. The molecule has 0 spiro atoms. The van der Waals surface area contributed by atoms with Gasteiger partial charge in [0, 0.05) is 17.0 Å². The fourth-order valence-electron chi connectivity index (χ4n) is 2.55. The van der Waals surface area contributed by atoms with E-state index >= 15 is 0 Å². The van der Waals surface area contributed by atoms with Gasteiger partial charge in [-0.05, 0) is 42.9 Å². The van der Waals surface area contributed by atoms with Crippen LogP contribution in [0.15, 0.2) is 54.6 Å². The Labute approximate surface area is 140 Å². The zero-order valence-electron chi connectivity index (χ0n) is 12.9. The quantitative estimate of drug-likeness (QED) is 0.777. The number of nitrogens with zero attached hydrogens (tertiary/aromatic N) is 2. The molecule has 0 unspecified atom stereocenters. The molecule has 0 aliphatic rings. The minimum absolute atomic E-state index is 0.553. The van der Waals surface area contributed by atoms with E-state index in [1.54, 1.807) is 7.11 Å². The van der Waals surface area contributed by atoms with Crippen molar-refractivity contribution >= 4 is 11.6 Å². The summed E-state index contributed by atoms with van der Waals surface area (Å²) in [5.41, 5.74) is 9.45. The van der Waals surface area contributed by atoms with Crippen molar-refractivity contribution in [1.29, 1.82) is 0 Å². The average Bonchev–Trinajstić information content (AvgIpc) is 2.99. The molecule has 0 aliphatic carbocycles. The van der Waals surface area contributed by atoms with Gasteiger partial charge in [-0.1, -0.05) is 29.8 Å². The molecule has 1 heterocycles. The summed E-state index contributed by atoms with van der Waals surface area (Å²) in [4.78, 5) is 0. The SMILES string of the molecule is COc1ccccc1-c1cc(CCN)nn1-c1cccc(Cl)c1. The fraction of sp³-hybridized carbons (Fsp3) is 0.167. The van der Waals surface area contributed by atoms with E-state index in [1.165, 1.54) is 0 Å². The molecule has 0 saturated heterocycles. The molecule has 0 fully saturated rings. The summed E-state index contributed by atoms with van der Waals surface area (Å²) in [6, 6.07) is 17.6. The first-order valence-corrected chi connectivity index (χ1v) is 7.79. The Balaban J connectivity index is 2.19. The monoisotopic (exact) mass is 327 g/mol. The van der Waals surface area contributed by atoms with Crippen molar-refractivity contribution in [3.05, 3.63) is 65.3 Å². The van der Waals surface area contributed by atoms with Gasteiger partial charge in [-0.15, -0.1) is 0 Å².